The van der Waals surface area contributed by atoms with Gasteiger partial charge in [0.15, 0.2) is 0 Å². The fraction of sp³-hybridized carbons (Fsp3) is 0.571. The van der Waals surface area contributed by atoms with Gasteiger partial charge in [-0.05, 0) is 25.5 Å². The van der Waals surface area contributed by atoms with E-state index >= 15 is 0 Å². The van der Waals surface area contributed by atoms with E-state index in [1.807, 2.05) is 38.1 Å². The molecule has 0 fully saturated rings. The van der Waals surface area contributed by atoms with Crippen LogP contribution in [-0.4, -0.2) is 44.1 Å². The van der Waals surface area contributed by atoms with Crippen molar-refractivity contribution >= 4 is 0 Å². The molecular formula is C14H23NO3. The maximum absolute atomic E-state index is 9.73. The molecule has 0 aliphatic heterocycles. The molecule has 1 aromatic carbocycles. The molecule has 1 rings (SSSR count). The van der Waals surface area contributed by atoms with E-state index in [0.717, 1.165) is 24.5 Å². The molecule has 0 aliphatic rings. The van der Waals surface area contributed by atoms with E-state index in [2.05, 4.69) is 5.32 Å². The summed E-state index contributed by atoms with van der Waals surface area (Å²) in [4.78, 5) is 0. The predicted octanol–water partition coefficient (Wildman–Crippen LogP) is 1.36. The van der Waals surface area contributed by atoms with Crippen LogP contribution in [0.5, 0.6) is 5.75 Å². The molecule has 0 spiro atoms. The SMILES string of the molecule is CCOCCNCC(O)COc1ccccc1C. The zero-order chi connectivity index (χ0) is 13.2. The molecule has 0 amide bonds. The van der Waals surface area contributed by atoms with E-state index in [-0.39, 0.29) is 0 Å². The lowest BCUT2D eigenvalue weighted by atomic mass is 10.2. The lowest BCUT2D eigenvalue weighted by molar-refractivity contribution is 0.100. The minimum atomic E-state index is -0.508. The average Bonchev–Trinajstić information content (AvgIpc) is 2.37. The summed E-state index contributed by atoms with van der Waals surface area (Å²) in [6, 6.07) is 7.79. The van der Waals surface area contributed by atoms with Gasteiger partial charge in [0.05, 0.1) is 6.61 Å². The van der Waals surface area contributed by atoms with Crippen molar-refractivity contribution in [1.82, 2.24) is 5.32 Å². The molecule has 0 bridgehead atoms. The second-order valence-corrected chi connectivity index (χ2v) is 4.13. The molecule has 4 nitrogen and oxygen atoms in total. The molecule has 0 saturated heterocycles. The highest BCUT2D eigenvalue weighted by molar-refractivity contribution is 5.31. The molecular weight excluding hydrogens is 230 g/mol. The van der Waals surface area contributed by atoms with E-state index in [0.29, 0.717) is 19.8 Å². The van der Waals surface area contributed by atoms with Gasteiger partial charge in [-0.1, -0.05) is 18.2 Å². The van der Waals surface area contributed by atoms with Gasteiger partial charge in [0.1, 0.15) is 18.5 Å². The maximum Gasteiger partial charge on any atom is 0.122 e. The summed E-state index contributed by atoms with van der Waals surface area (Å²) in [5, 5.41) is 12.8. The standard InChI is InChI=1S/C14H23NO3/c1-3-17-9-8-15-10-13(16)11-18-14-7-5-4-6-12(14)2/h4-7,13,15-16H,3,8-11H2,1-2H3. The first kappa shape index (κ1) is 15.0. The smallest absolute Gasteiger partial charge is 0.122 e. The van der Waals surface area contributed by atoms with Crippen molar-refractivity contribution in [2.24, 2.45) is 0 Å². The average molecular weight is 253 g/mol. The number of aryl methyl sites for hydroxylation is 1. The molecule has 0 radical (unpaired) electrons. The summed E-state index contributed by atoms with van der Waals surface area (Å²) in [7, 11) is 0. The summed E-state index contributed by atoms with van der Waals surface area (Å²) < 4.78 is 10.7. The Morgan fingerprint density at radius 3 is 2.83 bits per heavy atom. The van der Waals surface area contributed by atoms with Crippen LogP contribution in [0.15, 0.2) is 24.3 Å². The van der Waals surface area contributed by atoms with Crippen molar-refractivity contribution in [2.75, 3.05) is 32.9 Å². The predicted molar refractivity (Wildman–Crippen MR) is 72.0 cm³/mol. The number of ether oxygens (including phenoxy) is 2. The highest BCUT2D eigenvalue weighted by Gasteiger charge is 2.05. The van der Waals surface area contributed by atoms with Crippen molar-refractivity contribution in [3.05, 3.63) is 29.8 Å². The number of hydrogen-bond acceptors (Lipinski definition) is 4. The fourth-order valence-corrected chi connectivity index (χ4v) is 1.52. The number of para-hydroxylation sites is 1. The maximum atomic E-state index is 9.73. The van der Waals surface area contributed by atoms with Gasteiger partial charge >= 0.3 is 0 Å². The monoisotopic (exact) mass is 253 g/mol. The van der Waals surface area contributed by atoms with E-state index in [4.69, 9.17) is 9.47 Å². The fourth-order valence-electron chi connectivity index (χ4n) is 1.52. The zero-order valence-corrected chi connectivity index (χ0v) is 11.2. The van der Waals surface area contributed by atoms with Gasteiger partial charge in [-0.2, -0.15) is 0 Å². The van der Waals surface area contributed by atoms with Crippen LogP contribution in [0.2, 0.25) is 0 Å². The molecule has 18 heavy (non-hydrogen) atoms. The highest BCUT2D eigenvalue weighted by atomic mass is 16.5. The summed E-state index contributed by atoms with van der Waals surface area (Å²) in [5.41, 5.74) is 1.08. The van der Waals surface area contributed by atoms with Crippen LogP contribution in [-0.2, 0) is 4.74 Å². The Bertz CT molecular complexity index is 331. The Morgan fingerprint density at radius 1 is 1.33 bits per heavy atom. The number of benzene rings is 1. The Hall–Kier alpha value is -1.10. The van der Waals surface area contributed by atoms with Crippen molar-refractivity contribution in [3.8, 4) is 5.75 Å². The number of hydrogen-bond donors (Lipinski definition) is 2. The Balaban J connectivity index is 2.13. The lowest BCUT2D eigenvalue weighted by Gasteiger charge is -2.14. The largest absolute Gasteiger partial charge is 0.491 e. The van der Waals surface area contributed by atoms with Gasteiger partial charge < -0.3 is 19.9 Å². The van der Waals surface area contributed by atoms with Gasteiger partial charge in [0, 0.05) is 19.7 Å². The molecule has 0 saturated carbocycles. The third-order valence-corrected chi connectivity index (χ3v) is 2.53. The Kier molecular flexibility index (Phi) is 7.41. The van der Waals surface area contributed by atoms with E-state index in [1.165, 1.54) is 0 Å². The third kappa shape index (κ3) is 6.00. The van der Waals surface area contributed by atoms with Crippen LogP contribution >= 0.6 is 0 Å². The van der Waals surface area contributed by atoms with Gasteiger partial charge in [-0.15, -0.1) is 0 Å². The van der Waals surface area contributed by atoms with Crippen molar-refractivity contribution in [3.63, 3.8) is 0 Å². The quantitative estimate of drug-likeness (QED) is 0.652. The molecule has 1 unspecified atom stereocenters. The van der Waals surface area contributed by atoms with Crippen LogP contribution in [0, 0.1) is 6.92 Å². The van der Waals surface area contributed by atoms with Crippen LogP contribution in [0.1, 0.15) is 12.5 Å². The van der Waals surface area contributed by atoms with Crippen LogP contribution in [0.25, 0.3) is 0 Å². The van der Waals surface area contributed by atoms with Gasteiger partial charge in [-0.3, -0.25) is 0 Å². The topological polar surface area (TPSA) is 50.7 Å². The molecule has 2 N–H and O–H groups in total. The van der Waals surface area contributed by atoms with Gasteiger partial charge in [0.2, 0.25) is 0 Å². The van der Waals surface area contributed by atoms with E-state index in [1.54, 1.807) is 0 Å². The molecule has 0 aliphatic carbocycles. The first-order chi connectivity index (χ1) is 8.74. The molecule has 1 aromatic rings. The minimum absolute atomic E-state index is 0.298. The van der Waals surface area contributed by atoms with Crippen molar-refractivity contribution in [1.29, 1.82) is 0 Å². The van der Waals surface area contributed by atoms with Gasteiger partial charge in [0.25, 0.3) is 0 Å². The Labute approximate surface area is 109 Å². The number of aliphatic hydroxyl groups excluding tert-OH is 1. The zero-order valence-electron chi connectivity index (χ0n) is 11.2. The second-order valence-electron chi connectivity index (χ2n) is 4.13. The Morgan fingerprint density at radius 2 is 2.11 bits per heavy atom. The normalized spacial score (nSPS) is 12.4. The van der Waals surface area contributed by atoms with E-state index in [9.17, 15) is 5.11 Å². The third-order valence-electron chi connectivity index (χ3n) is 2.53. The molecule has 0 heterocycles. The molecule has 102 valence electrons. The van der Waals surface area contributed by atoms with Crippen molar-refractivity contribution < 1.29 is 14.6 Å². The molecule has 4 heteroatoms. The summed E-state index contributed by atoms with van der Waals surface area (Å²) in [5.74, 6) is 0.825. The first-order valence-corrected chi connectivity index (χ1v) is 6.39. The first-order valence-electron chi connectivity index (χ1n) is 6.39. The van der Waals surface area contributed by atoms with Crippen LogP contribution in [0.4, 0.5) is 0 Å². The van der Waals surface area contributed by atoms with Crippen LogP contribution in [0.3, 0.4) is 0 Å². The number of aliphatic hydroxyl groups is 1. The van der Waals surface area contributed by atoms with Gasteiger partial charge in [-0.25, -0.2) is 0 Å². The van der Waals surface area contributed by atoms with Crippen LogP contribution < -0.4 is 10.1 Å². The highest BCUT2D eigenvalue weighted by Crippen LogP contribution is 2.15. The summed E-state index contributed by atoms with van der Waals surface area (Å²) in [6.45, 7) is 6.90. The molecule has 0 aromatic heterocycles. The van der Waals surface area contributed by atoms with E-state index < -0.39 is 6.10 Å². The molecule has 1 atom stereocenters. The number of rotatable bonds is 9. The lowest BCUT2D eigenvalue weighted by Crippen LogP contribution is -2.33. The summed E-state index contributed by atoms with van der Waals surface area (Å²) in [6.07, 6.45) is -0.508. The summed E-state index contributed by atoms with van der Waals surface area (Å²) >= 11 is 0. The second kappa shape index (κ2) is 8.91. The minimum Gasteiger partial charge on any atom is -0.491 e. The number of nitrogens with one attached hydrogen (secondary N) is 1. The van der Waals surface area contributed by atoms with Crippen molar-refractivity contribution in [2.45, 2.75) is 20.0 Å².